The van der Waals surface area contributed by atoms with Gasteiger partial charge in [0.1, 0.15) is 6.61 Å². The predicted octanol–water partition coefficient (Wildman–Crippen LogP) is 5.09. The van der Waals surface area contributed by atoms with Crippen LogP contribution in [0.3, 0.4) is 0 Å². The standard InChI is InChI=1S/C26H30O7/c1-4-16(24(27)28)10-11-26(12-13-26)15-33-22-18(8-9-21(30-2)23(22)31-3)17-6-5-7-19-20(17)14-32-25(19)29/h5-9,16H,4,10-15H2,1-3H3,(H,27,28). The number of ether oxygens (including phenoxy) is 4. The Morgan fingerprint density at radius 3 is 2.48 bits per heavy atom. The van der Waals surface area contributed by atoms with Gasteiger partial charge in [0.05, 0.1) is 32.3 Å². The number of esters is 1. The number of aliphatic carboxylic acids is 1. The Morgan fingerprint density at radius 1 is 1.09 bits per heavy atom. The van der Waals surface area contributed by atoms with E-state index >= 15 is 0 Å². The largest absolute Gasteiger partial charge is 0.493 e. The van der Waals surface area contributed by atoms with Crippen molar-refractivity contribution in [2.75, 3.05) is 20.8 Å². The molecule has 2 aromatic carbocycles. The number of benzene rings is 2. The molecule has 0 amide bonds. The molecule has 7 nitrogen and oxygen atoms in total. The van der Waals surface area contributed by atoms with Gasteiger partial charge < -0.3 is 24.1 Å². The van der Waals surface area contributed by atoms with Gasteiger partial charge in [-0.1, -0.05) is 19.1 Å². The molecule has 0 saturated heterocycles. The van der Waals surface area contributed by atoms with Crippen LogP contribution in [-0.2, 0) is 16.1 Å². The van der Waals surface area contributed by atoms with Crippen LogP contribution in [0.25, 0.3) is 11.1 Å². The van der Waals surface area contributed by atoms with E-state index in [4.69, 9.17) is 18.9 Å². The number of methoxy groups -OCH3 is 2. The van der Waals surface area contributed by atoms with Gasteiger partial charge in [-0.25, -0.2) is 4.79 Å². The third-order valence-corrected chi connectivity index (χ3v) is 6.88. The summed E-state index contributed by atoms with van der Waals surface area (Å²) >= 11 is 0. The van der Waals surface area contributed by atoms with Crippen LogP contribution in [0.4, 0.5) is 0 Å². The number of hydrogen-bond donors (Lipinski definition) is 1. The van der Waals surface area contributed by atoms with Crippen molar-refractivity contribution in [1.82, 2.24) is 0 Å². The molecule has 1 saturated carbocycles. The van der Waals surface area contributed by atoms with Gasteiger partial charge in [0.2, 0.25) is 5.75 Å². The van der Waals surface area contributed by atoms with Gasteiger partial charge in [0, 0.05) is 16.5 Å². The lowest BCUT2D eigenvalue weighted by Gasteiger charge is -2.22. The van der Waals surface area contributed by atoms with Crippen LogP contribution in [0, 0.1) is 11.3 Å². The highest BCUT2D eigenvalue weighted by Crippen LogP contribution is 2.53. The first-order valence-corrected chi connectivity index (χ1v) is 11.3. The van der Waals surface area contributed by atoms with Crippen LogP contribution < -0.4 is 14.2 Å². The lowest BCUT2D eigenvalue weighted by Crippen LogP contribution is -2.19. The van der Waals surface area contributed by atoms with E-state index in [1.54, 1.807) is 20.3 Å². The quantitative estimate of drug-likeness (QED) is 0.473. The number of cyclic esters (lactones) is 1. The number of fused-ring (bicyclic) bond motifs is 1. The monoisotopic (exact) mass is 454 g/mol. The number of carboxylic acid groups (broad SMARTS) is 1. The Balaban J connectivity index is 1.64. The summed E-state index contributed by atoms with van der Waals surface area (Å²) < 4.78 is 22.8. The lowest BCUT2D eigenvalue weighted by atomic mass is 9.92. The van der Waals surface area contributed by atoms with E-state index < -0.39 is 5.97 Å². The molecule has 0 radical (unpaired) electrons. The fourth-order valence-electron chi connectivity index (χ4n) is 4.51. The number of carbonyl (C=O) groups excluding carboxylic acids is 1. The van der Waals surface area contributed by atoms with Crippen LogP contribution in [0.15, 0.2) is 30.3 Å². The zero-order valence-electron chi connectivity index (χ0n) is 19.3. The van der Waals surface area contributed by atoms with Crippen LogP contribution in [0.5, 0.6) is 17.2 Å². The minimum atomic E-state index is -0.735. The molecule has 1 fully saturated rings. The van der Waals surface area contributed by atoms with Crippen LogP contribution >= 0.6 is 0 Å². The summed E-state index contributed by atoms with van der Waals surface area (Å²) in [5, 5.41) is 9.39. The minimum Gasteiger partial charge on any atom is -0.493 e. The average Bonchev–Trinajstić information content (AvgIpc) is 3.50. The summed E-state index contributed by atoms with van der Waals surface area (Å²) in [6.45, 7) is 2.59. The van der Waals surface area contributed by atoms with Gasteiger partial charge in [-0.2, -0.15) is 0 Å². The van der Waals surface area contributed by atoms with Crippen molar-refractivity contribution in [3.05, 3.63) is 41.5 Å². The normalized spacial score (nSPS) is 16.5. The molecule has 33 heavy (non-hydrogen) atoms. The summed E-state index contributed by atoms with van der Waals surface area (Å²) in [4.78, 5) is 23.5. The number of carbonyl (C=O) groups is 2. The number of rotatable bonds is 11. The highest BCUT2D eigenvalue weighted by atomic mass is 16.5. The second-order valence-electron chi connectivity index (χ2n) is 8.86. The summed E-state index contributed by atoms with van der Waals surface area (Å²) in [6, 6.07) is 9.28. The Morgan fingerprint density at radius 2 is 1.85 bits per heavy atom. The van der Waals surface area contributed by atoms with E-state index in [0.717, 1.165) is 36.0 Å². The van der Waals surface area contributed by atoms with Gasteiger partial charge in [0.15, 0.2) is 11.5 Å². The molecule has 1 heterocycles. The van der Waals surface area contributed by atoms with Gasteiger partial charge in [-0.05, 0) is 55.9 Å². The molecule has 2 aromatic rings. The maximum Gasteiger partial charge on any atom is 0.338 e. The van der Waals surface area contributed by atoms with Crippen molar-refractivity contribution in [1.29, 1.82) is 0 Å². The third-order valence-electron chi connectivity index (χ3n) is 6.88. The molecule has 1 unspecified atom stereocenters. The molecular weight excluding hydrogens is 424 g/mol. The topological polar surface area (TPSA) is 91.3 Å². The van der Waals surface area contributed by atoms with Gasteiger partial charge >= 0.3 is 11.9 Å². The van der Waals surface area contributed by atoms with E-state index in [9.17, 15) is 14.7 Å². The minimum absolute atomic E-state index is 0.0219. The van der Waals surface area contributed by atoms with Crippen molar-refractivity contribution >= 4 is 11.9 Å². The smallest absolute Gasteiger partial charge is 0.338 e. The van der Waals surface area contributed by atoms with E-state index in [1.807, 2.05) is 31.2 Å². The Bertz CT molecular complexity index is 1050. The molecule has 1 N–H and O–H groups in total. The molecule has 1 aliphatic carbocycles. The number of carboxylic acids is 1. The fourth-order valence-corrected chi connectivity index (χ4v) is 4.51. The zero-order chi connectivity index (χ0) is 23.6. The van der Waals surface area contributed by atoms with Crippen molar-refractivity contribution in [2.45, 2.75) is 45.6 Å². The molecule has 4 rings (SSSR count). The van der Waals surface area contributed by atoms with Crippen molar-refractivity contribution in [3.8, 4) is 28.4 Å². The first kappa shape index (κ1) is 23.0. The van der Waals surface area contributed by atoms with Crippen molar-refractivity contribution < 1.29 is 33.6 Å². The van der Waals surface area contributed by atoms with Crippen LogP contribution in [-0.4, -0.2) is 37.9 Å². The average molecular weight is 455 g/mol. The predicted molar refractivity (Wildman–Crippen MR) is 122 cm³/mol. The molecular formula is C26H30O7. The molecule has 1 atom stereocenters. The molecule has 0 spiro atoms. The zero-order valence-corrected chi connectivity index (χ0v) is 19.3. The molecule has 0 aromatic heterocycles. The van der Waals surface area contributed by atoms with Crippen molar-refractivity contribution in [3.63, 3.8) is 0 Å². The second-order valence-corrected chi connectivity index (χ2v) is 8.86. The fraction of sp³-hybridized carbons (Fsp3) is 0.462. The Kier molecular flexibility index (Phi) is 6.49. The summed E-state index contributed by atoms with van der Waals surface area (Å²) in [5.41, 5.74) is 3.03. The summed E-state index contributed by atoms with van der Waals surface area (Å²) in [7, 11) is 3.15. The Labute approximate surface area is 193 Å². The molecule has 1 aliphatic heterocycles. The first-order chi connectivity index (χ1) is 15.9. The second kappa shape index (κ2) is 9.33. The van der Waals surface area contributed by atoms with Gasteiger partial charge in [-0.3, -0.25) is 4.79 Å². The van der Waals surface area contributed by atoms with Gasteiger partial charge in [-0.15, -0.1) is 0 Å². The van der Waals surface area contributed by atoms with Crippen LogP contribution in [0.2, 0.25) is 0 Å². The summed E-state index contributed by atoms with van der Waals surface area (Å²) in [5.74, 6) is 0.217. The van der Waals surface area contributed by atoms with E-state index in [0.29, 0.717) is 42.3 Å². The molecule has 0 bridgehead atoms. The molecule has 2 aliphatic rings. The van der Waals surface area contributed by atoms with Crippen LogP contribution in [0.1, 0.15) is 54.9 Å². The Hall–Kier alpha value is -3.22. The van der Waals surface area contributed by atoms with Gasteiger partial charge in [0.25, 0.3) is 0 Å². The molecule has 176 valence electrons. The third kappa shape index (κ3) is 4.49. The SMILES string of the molecule is CCC(CCC1(COc2c(-c3cccc4c3COC4=O)ccc(OC)c2OC)CC1)C(=O)O. The van der Waals surface area contributed by atoms with Crippen molar-refractivity contribution in [2.24, 2.45) is 11.3 Å². The summed E-state index contributed by atoms with van der Waals surface area (Å²) in [6.07, 6.45) is 4.09. The maximum atomic E-state index is 12.1. The first-order valence-electron chi connectivity index (χ1n) is 11.3. The van der Waals surface area contributed by atoms with E-state index in [-0.39, 0.29) is 23.9 Å². The lowest BCUT2D eigenvalue weighted by molar-refractivity contribution is -0.142. The van der Waals surface area contributed by atoms with E-state index in [2.05, 4.69) is 0 Å². The highest BCUT2D eigenvalue weighted by Gasteiger charge is 2.44. The number of hydrogen-bond acceptors (Lipinski definition) is 6. The molecule has 7 heteroatoms. The maximum absolute atomic E-state index is 12.1. The highest BCUT2D eigenvalue weighted by molar-refractivity contribution is 5.96. The van der Waals surface area contributed by atoms with E-state index in [1.165, 1.54) is 0 Å².